The van der Waals surface area contributed by atoms with Crippen LogP contribution in [0.5, 0.6) is 0 Å². The van der Waals surface area contributed by atoms with Crippen LogP contribution in [0.25, 0.3) is 0 Å². The second kappa shape index (κ2) is 5.76. The van der Waals surface area contributed by atoms with Gasteiger partial charge in [0.05, 0.1) is 6.07 Å². The first kappa shape index (κ1) is 12.2. The third-order valence-corrected chi connectivity index (χ3v) is 1.79. The number of hydrogen-bond donors (Lipinski definition) is 2. The molecule has 0 atom stereocenters. The van der Waals surface area contributed by atoms with Crippen molar-refractivity contribution in [3.8, 4) is 6.07 Å². The molecule has 3 heteroatoms. The molecule has 0 fully saturated rings. The van der Waals surface area contributed by atoms with Gasteiger partial charge in [0.2, 0.25) is 0 Å². The highest BCUT2D eigenvalue weighted by molar-refractivity contribution is 5.76. The zero-order valence-corrected chi connectivity index (χ0v) is 8.76. The Balaban J connectivity index is 5.39. The van der Waals surface area contributed by atoms with Crippen molar-refractivity contribution in [2.24, 2.45) is 5.73 Å². The van der Waals surface area contributed by atoms with Gasteiger partial charge in [-0.2, -0.15) is 5.26 Å². The van der Waals surface area contributed by atoms with E-state index in [9.17, 15) is 0 Å². The van der Waals surface area contributed by atoms with Crippen LogP contribution in [0.1, 0.15) is 20.8 Å². The van der Waals surface area contributed by atoms with E-state index in [2.05, 4.69) is 0 Å². The highest BCUT2D eigenvalue weighted by Crippen LogP contribution is 2.13. The second-order valence-electron chi connectivity index (χ2n) is 2.93. The molecular formula is C11H15N3. The molecule has 0 rings (SSSR count). The van der Waals surface area contributed by atoms with E-state index in [1.807, 2.05) is 13.0 Å². The van der Waals surface area contributed by atoms with Crippen LogP contribution in [-0.4, -0.2) is 6.21 Å². The van der Waals surface area contributed by atoms with Crippen molar-refractivity contribution in [2.45, 2.75) is 20.8 Å². The van der Waals surface area contributed by atoms with Gasteiger partial charge in [-0.1, -0.05) is 6.08 Å². The fourth-order valence-electron chi connectivity index (χ4n) is 0.893. The maximum absolute atomic E-state index is 8.76. The predicted octanol–water partition coefficient (Wildman–Crippen LogP) is 2.28. The van der Waals surface area contributed by atoms with Gasteiger partial charge in [0.25, 0.3) is 0 Å². The fourth-order valence-corrected chi connectivity index (χ4v) is 0.893. The molecule has 0 radical (unpaired) electrons. The second-order valence-corrected chi connectivity index (χ2v) is 2.93. The van der Waals surface area contributed by atoms with Crippen molar-refractivity contribution in [3.63, 3.8) is 0 Å². The number of nitriles is 1. The molecule has 3 nitrogen and oxygen atoms in total. The summed E-state index contributed by atoms with van der Waals surface area (Å²) in [6.45, 7) is 5.31. The summed E-state index contributed by atoms with van der Waals surface area (Å²) in [6.07, 6.45) is 4.71. The van der Waals surface area contributed by atoms with E-state index in [0.29, 0.717) is 16.8 Å². The largest absolute Gasteiger partial charge is 0.398 e. The highest BCUT2D eigenvalue weighted by Gasteiger charge is 2.02. The van der Waals surface area contributed by atoms with Crippen LogP contribution in [0, 0.1) is 16.7 Å². The first-order valence-corrected chi connectivity index (χ1v) is 4.28. The van der Waals surface area contributed by atoms with Gasteiger partial charge in [0, 0.05) is 23.1 Å². The van der Waals surface area contributed by atoms with Gasteiger partial charge in [-0.15, -0.1) is 0 Å². The van der Waals surface area contributed by atoms with Crippen LogP contribution in [0.2, 0.25) is 0 Å². The molecule has 0 unspecified atom stereocenters. The predicted molar refractivity (Wildman–Crippen MR) is 58.8 cm³/mol. The van der Waals surface area contributed by atoms with E-state index < -0.39 is 0 Å². The molecule has 0 aliphatic heterocycles. The van der Waals surface area contributed by atoms with Gasteiger partial charge in [-0.25, -0.2) is 0 Å². The molecule has 0 heterocycles. The average molecular weight is 189 g/mol. The van der Waals surface area contributed by atoms with Crippen molar-refractivity contribution in [2.75, 3.05) is 0 Å². The Labute approximate surface area is 84.7 Å². The van der Waals surface area contributed by atoms with Crippen LogP contribution < -0.4 is 5.73 Å². The lowest BCUT2D eigenvalue weighted by atomic mass is 10.0. The summed E-state index contributed by atoms with van der Waals surface area (Å²) in [5.41, 5.74) is 8.30. The normalized spacial score (nSPS) is 14.4. The van der Waals surface area contributed by atoms with E-state index in [-0.39, 0.29) is 0 Å². The van der Waals surface area contributed by atoms with E-state index in [0.717, 1.165) is 5.57 Å². The molecule has 74 valence electrons. The molecule has 0 aromatic carbocycles. The molecule has 0 aliphatic carbocycles. The maximum atomic E-state index is 8.76. The minimum absolute atomic E-state index is 0.557. The summed E-state index contributed by atoms with van der Waals surface area (Å²) < 4.78 is 0. The number of hydrogen-bond acceptors (Lipinski definition) is 3. The van der Waals surface area contributed by atoms with Crippen molar-refractivity contribution in [1.82, 2.24) is 0 Å². The lowest BCUT2D eigenvalue weighted by Crippen LogP contribution is -2.01. The Morgan fingerprint density at radius 3 is 2.36 bits per heavy atom. The first-order chi connectivity index (χ1) is 6.56. The SMILES string of the molecule is C/C=C(N)/C(/C=C(/C)C=N)=C(/C)C#N. The van der Waals surface area contributed by atoms with Gasteiger partial charge in [-0.3, -0.25) is 0 Å². The number of nitrogens with two attached hydrogens (primary N) is 1. The Hall–Kier alpha value is -1.82. The highest BCUT2D eigenvalue weighted by atomic mass is 14.6. The van der Waals surface area contributed by atoms with Crippen LogP contribution in [0.4, 0.5) is 0 Å². The zero-order chi connectivity index (χ0) is 11.1. The van der Waals surface area contributed by atoms with Crippen molar-refractivity contribution < 1.29 is 0 Å². The number of nitrogens with zero attached hydrogens (tertiary/aromatic N) is 1. The zero-order valence-electron chi connectivity index (χ0n) is 8.76. The van der Waals surface area contributed by atoms with Gasteiger partial charge < -0.3 is 11.1 Å². The van der Waals surface area contributed by atoms with Crippen LogP contribution in [0.15, 0.2) is 34.6 Å². The molecule has 0 aromatic rings. The van der Waals surface area contributed by atoms with E-state index in [1.165, 1.54) is 6.21 Å². The Bertz CT molecular complexity index is 351. The van der Waals surface area contributed by atoms with Crippen molar-refractivity contribution >= 4 is 6.21 Å². The van der Waals surface area contributed by atoms with Gasteiger partial charge in [-0.05, 0) is 32.4 Å². The minimum Gasteiger partial charge on any atom is -0.398 e. The average Bonchev–Trinajstić information content (AvgIpc) is 2.23. The summed E-state index contributed by atoms with van der Waals surface area (Å²) in [4.78, 5) is 0. The van der Waals surface area contributed by atoms with Crippen LogP contribution in [0.3, 0.4) is 0 Å². The Morgan fingerprint density at radius 1 is 1.43 bits per heavy atom. The van der Waals surface area contributed by atoms with Crippen molar-refractivity contribution in [3.05, 3.63) is 34.6 Å². The van der Waals surface area contributed by atoms with Crippen LogP contribution in [-0.2, 0) is 0 Å². The maximum Gasteiger partial charge on any atom is 0.0951 e. The molecular weight excluding hydrogens is 174 g/mol. The van der Waals surface area contributed by atoms with E-state index in [1.54, 1.807) is 26.0 Å². The summed E-state index contributed by atoms with van der Waals surface area (Å²) in [5.74, 6) is 0. The Kier molecular flexibility index (Phi) is 5.01. The molecule has 0 bridgehead atoms. The molecule has 0 saturated heterocycles. The van der Waals surface area contributed by atoms with Gasteiger partial charge >= 0.3 is 0 Å². The van der Waals surface area contributed by atoms with Gasteiger partial charge in [0.15, 0.2) is 0 Å². The summed E-state index contributed by atoms with van der Waals surface area (Å²) in [6, 6.07) is 2.05. The molecule has 0 aliphatic rings. The first-order valence-electron chi connectivity index (χ1n) is 4.28. The monoisotopic (exact) mass is 189 g/mol. The molecule has 0 aromatic heterocycles. The Morgan fingerprint density at radius 2 is 2.00 bits per heavy atom. The topological polar surface area (TPSA) is 73.7 Å². The van der Waals surface area contributed by atoms with Crippen molar-refractivity contribution in [1.29, 1.82) is 10.7 Å². The smallest absolute Gasteiger partial charge is 0.0951 e. The molecule has 0 spiro atoms. The molecule has 3 N–H and O–H groups in total. The third kappa shape index (κ3) is 3.28. The minimum atomic E-state index is 0.557. The number of rotatable bonds is 3. The lowest BCUT2D eigenvalue weighted by molar-refractivity contribution is 1.27. The van der Waals surface area contributed by atoms with E-state index >= 15 is 0 Å². The number of nitrogens with one attached hydrogen (secondary N) is 1. The summed E-state index contributed by atoms with van der Waals surface area (Å²) in [7, 11) is 0. The van der Waals surface area contributed by atoms with Crippen LogP contribution >= 0.6 is 0 Å². The third-order valence-electron chi connectivity index (χ3n) is 1.79. The quantitative estimate of drug-likeness (QED) is 0.406. The summed E-state index contributed by atoms with van der Waals surface area (Å²) >= 11 is 0. The molecule has 0 amide bonds. The number of allylic oxidation sites excluding steroid dienone is 4. The van der Waals surface area contributed by atoms with E-state index in [4.69, 9.17) is 16.4 Å². The summed E-state index contributed by atoms with van der Waals surface area (Å²) in [5, 5.41) is 15.8. The lowest BCUT2D eigenvalue weighted by Gasteiger charge is -2.04. The standard InChI is InChI=1S/C11H15N3/c1-4-11(14)10(9(3)7-13)5-8(2)6-12/h4-6,12H,14H2,1-3H3/b8-5-,10-9-,11-4-,12-6?. The van der Waals surface area contributed by atoms with Gasteiger partial charge in [0.1, 0.15) is 0 Å². The molecule has 0 saturated carbocycles. The fraction of sp³-hybridized carbons (Fsp3) is 0.273. The molecule has 14 heavy (non-hydrogen) atoms.